The molecule has 0 spiro atoms. The molecule has 1 aliphatic heterocycles. The van der Waals surface area contributed by atoms with Crippen LogP contribution in [0.25, 0.3) is 11.4 Å². The molecule has 4 rings (SSSR count). The Bertz CT molecular complexity index is 1120. The molecule has 9 heteroatoms. The van der Waals surface area contributed by atoms with Gasteiger partial charge in [-0.2, -0.15) is 4.98 Å². The highest BCUT2D eigenvalue weighted by Gasteiger charge is 2.29. The molecule has 8 nitrogen and oxygen atoms in total. The first-order valence-electron chi connectivity index (χ1n) is 11.2. The third kappa shape index (κ3) is 5.69. The number of hydrogen-bond donors (Lipinski definition) is 0. The van der Waals surface area contributed by atoms with Gasteiger partial charge in [-0.1, -0.05) is 22.8 Å². The van der Waals surface area contributed by atoms with Crippen LogP contribution in [-0.2, 0) is 17.9 Å². The molecule has 0 bridgehead atoms. The van der Waals surface area contributed by atoms with Gasteiger partial charge in [0.25, 0.3) is 0 Å². The van der Waals surface area contributed by atoms with Crippen LogP contribution in [0.15, 0.2) is 47.0 Å². The Hall–Kier alpha value is -3.10. The molecule has 2 aromatic carbocycles. The topological polar surface area (TPSA) is 80.9 Å². The van der Waals surface area contributed by atoms with Crippen molar-refractivity contribution < 1.29 is 18.8 Å². The first-order valence-corrected chi connectivity index (χ1v) is 11.6. The van der Waals surface area contributed by atoms with Gasteiger partial charge < -0.3 is 18.9 Å². The molecule has 1 atom stereocenters. The summed E-state index contributed by atoms with van der Waals surface area (Å²) in [5, 5.41) is 4.75. The Balaban J connectivity index is 1.35. The van der Waals surface area contributed by atoms with Gasteiger partial charge in [0.2, 0.25) is 17.6 Å². The van der Waals surface area contributed by atoms with Crippen molar-refractivity contribution in [3.05, 3.63) is 58.9 Å². The van der Waals surface area contributed by atoms with Crippen molar-refractivity contribution in [2.75, 3.05) is 34.4 Å². The van der Waals surface area contributed by atoms with Gasteiger partial charge in [0.05, 0.1) is 26.7 Å². The molecular formula is C25H29ClN4O4. The molecule has 1 fully saturated rings. The van der Waals surface area contributed by atoms with E-state index in [4.69, 9.17) is 25.6 Å². The zero-order chi connectivity index (χ0) is 24.1. The molecule has 1 aromatic heterocycles. The summed E-state index contributed by atoms with van der Waals surface area (Å²) in [4.78, 5) is 21.7. The summed E-state index contributed by atoms with van der Waals surface area (Å²) in [5.74, 6) is 2.46. The summed E-state index contributed by atoms with van der Waals surface area (Å²) in [5.41, 5.74) is 1.84. The maximum absolute atomic E-state index is 13.2. The number of nitrogens with zero attached hydrogens (tertiary/aromatic N) is 4. The molecule has 0 saturated carbocycles. The zero-order valence-corrected chi connectivity index (χ0v) is 20.4. The number of methoxy groups -OCH3 is 2. The average molecular weight is 485 g/mol. The predicted molar refractivity (Wildman–Crippen MR) is 129 cm³/mol. The van der Waals surface area contributed by atoms with Crippen molar-refractivity contribution in [1.82, 2.24) is 19.9 Å². The van der Waals surface area contributed by atoms with E-state index in [9.17, 15) is 4.79 Å². The fraction of sp³-hybridized carbons (Fsp3) is 0.400. The lowest BCUT2D eigenvalue weighted by Crippen LogP contribution is -2.43. The minimum atomic E-state index is -0.0717. The van der Waals surface area contributed by atoms with E-state index in [0.29, 0.717) is 47.9 Å². The average Bonchev–Trinajstić information content (AvgIpc) is 3.32. The lowest BCUT2D eigenvalue weighted by molar-refractivity contribution is -0.136. The number of carbonyl (C=O) groups is 1. The van der Waals surface area contributed by atoms with Crippen LogP contribution >= 0.6 is 11.6 Å². The number of ether oxygens (including phenoxy) is 2. The minimum Gasteiger partial charge on any atom is -0.493 e. The van der Waals surface area contributed by atoms with Gasteiger partial charge in [-0.25, -0.2) is 0 Å². The predicted octanol–water partition coefficient (Wildman–Crippen LogP) is 4.28. The SMILES string of the molecule is COc1ccc(CN(C)C(=O)C2CCCN(Cc3nc(-c4ccc(Cl)cc4)no3)C2)cc1OC. The van der Waals surface area contributed by atoms with E-state index < -0.39 is 0 Å². The number of piperidine rings is 1. The van der Waals surface area contributed by atoms with Crippen molar-refractivity contribution in [2.45, 2.75) is 25.9 Å². The summed E-state index contributed by atoms with van der Waals surface area (Å²) < 4.78 is 16.1. The molecule has 1 amide bonds. The molecule has 34 heavy (non-hydrogen) atoms. The minimum absolute atomic E-state index is 0.0717. The summed E-state index contributed by atoms with van der Waals surface area (Å²) in [6.45, 7) is 2.57. The fourth-order valence-electron chi connectivity index (χ4n) is 4.27. The van der Waals surface area contributed by atoms with Gasteiger partial charge in [0, 0.05) is 30.7 Å². The van der Waals surface area contributed by atoms with E-state index in [1.807, 2.05) is 37.4 Å². The van der Waals surface area contributed by atoms with E-state index in [2.05, 4.69) is 15.0 Å². The molecular weight excluding hydrogens is 456 g/mol. The normalized spacial score (nSPS) is 16.3. The third-order valence-electron chi connectivity index (χ3n) is 6.03. The highest BCUT2D eigenvalue weighted by Crippen LogP contribution is 2.28. The Kier molecular flexibility index (Phi) is 7.70. The summed E-state index contributed by atoms with van der Waals surface area (Å²) in [6, 6.07) is 13.0. The van der Waals surface area contributed by atoms with Crippen molar-refractivity contribution in [3.63, 3.8) is 0 Å². The molecule has 1 unspecified atom stereocenters. The largest absolute Gasteiger partial charge is 0.493 e. The number of halogens is 1. The van der Waals surface area contributed by atoms with Crippen LogP contribution in [0.4, 0.5) is 0 Å². The van der Waals surface area contributed by atoms with E-state index in [1.165, 1.54) is 0 Å². The fourth-order valence-corrected chi connectivity index (χ4v) is 4.40. The van der Waals surface area contributed by atoms with Gasteiger partial charge in [-0.3, -0.25) is 9.69 Å². The van der Waals surface area contributed by atoms with Crippen molar-refractivity contribution in [2.24, 2.45) is 5.92 Å². The molecule has 1 saturated heterocycles. The van der Waals surface area contributed by atoms with Crippen LogP contribution in [0, 0.1) is 5.92 Å². The van der Waals surface area contributed by atoms with Gasteiger partial charge in [0.1, 0.15) is 0 Å². The van der Waals surface area contributed by atoms with Gasteiger partial charge >= 0.3 is 0 Å². The molecule has 2 heterocycles. The maximum atomic E-state index is 13.2. The van der Waals surface area contributed by atoms with E-state index >= 15 is 0 Å². The third-order valence-corrected chi connectivity index (χ3v) is 6.28. The molecule has 180 valence electrons. The Morgan fingerprint density at radius 3 is 2.68 bits per heavy atom. The van der Waals surface area contributed by atoms with Gasteiger partial charge in [-0.05, 0) is 61.3 Å². The first kappa shape index (κ1) is 24.0. The van der Waals surface area contributed by atoms with Crippen LogP contribution in [0.5, 0.6) is 11.5 Å². The lowest BCUT2D eigenvalue weighted by Gasteiger charge is -2.33. The number of likely N-dealkylation sites (tertiary alicyclic amines) is 1. The second-order valence-electron chi connectivity index (χ2n) is 8.48. The van der Waals surface area contributed by atoms with Crippen molar-refractivity contribution in [3.8, 4) is 22.9 Å². The number of hydrogen-bond acceptors (Lipinski definition) is 7. The van der Waals surface area contributed by atoms with E-state index in [1.54, 1.807) is 31.3 Å². The number of aromatic nitrogens is 2. The standard InChI is InChI=1S/C25H29ClN4O4/c1-29(14-17-6-11-21(32-2)22(13-17)33-3)25(31)19-5-4-12-30(15-19)16-23-27-24(28-34-23)18-7-9-20(26)10-8-18/h6-11,13,19H,4-5,12,14-16H2,1-3H3. The quantitative estimate of drug-likeness (QED) is 0.472. The van der Waals surface area contributed by atoms with Crippen LogP contribution in [0.1, 0.15) is 24.3 Å². The summed E-state index contributed by atoms with van der Waals surface area (Å²) in [7, 11) is 5.05. The highest BCUT2D eigenvalue weighted by atomic mass is 35.5. The molecule has 0 radical (unpaired) electrons. The number of carbonyl (C=O) groups excluding carboxylic acids is 1. The Morgan fingerprint density at radius 1 is 1.18 bits per heavy atom. The highest BCUT2D eigenvalue weighted by molar-refractivity contribution is 6.30. The van der Waals surface area contributed by atoms with Crippen LogP contribution in [0.3, 0.4) is 0 Å². The second-order valence-corrected chi connectivity index (χ2v) is 8.91. The Morgan fingerprint density at radius 2 is 1.94 bits per heavy atom. The maximum Gasteiger partial charge on any atom is 0.241 e. The van der Waals surface area contributed by atoms with Gasteiger partial charge in [0.15, 0.2) is 11.5 Å². The lowest BCUT2D eigenvalue weighted by atomic mass is 9.96. The van der Waals surface area contributed by atoms with Crippen LogP contribution in [-0.4, -0.2) is 60.2 Å². The number of benzene rings is 2. The van der Waals surface area contributed by atoms with Crippen molar-refractivity contribution >= 4 is 17.5 Å². The molecule has 3 aromatic rings. The monoisotopic (exact) mass is 484 g/mol. The van der Waals surface area contributed by atoms with E-state index in [-0.39, 0.29) is 11.8 Å². The first-order chi connectivity index (χ1) is 16.5. The van der Waals surface area contributed by atoms with Crippen molar-refractivity contribution in [1.29, 1.82) is 0 Å². The molecule has 1 aliphatic rings. The molecule has 0 aliphatic carbocycles. The van der Waals surface area contributed by atoms with Crippen LogP contribution < -0.4 is 9.47 Å². The number of rotatable bonds is 8. The second kappa shape index (κ2) is 10.9. The Labute approximate surface area is 204 Å². The number of amides is 1. The summed E-state index contributed by atoms with van der Waals surface area (Å²) >= 11 is 5.95. The summed E-state index contributed by atoms with van der Waals surface area (Å²) in [6.07, 6.45) is 1.81. The smallest absolute Gasteiger partial charge is 0.241 e. The van der Waals surface area contributed by atoms with Gasteiger partial charge in [-0.15, -0.1) is 0 Å². The zero-order valence-electron chi connectivity index (χ0n) is 19.7. The van der Waals surface area contributed by atoms with Crippen LogP contribution in [0.2, 0.25) is 5.02 Å². The molecule has 0 N–H and O–H groups in total. The van der Waals surface area contributed by atoms with E-state index in [0.717, 1.165) is 30.5 Å².